The van der Waals surface area contributed by atoms with E-state index in [-0.39, 0.29) is 5.76 Å². The van der Waals surface area contributed by atoms with Gasteiger partial charge in [0.05, 0.1) is 12.8 Å². The summed E-state index contributed by atoms with van der Waals surface area (Å²) in [6.07, 6.45) is 0. The Hall–Kier alpha value is -3.71. The quantitative estimate of drug-likeness (QED) is 0.366. The lowest BCUT2D eigenvalue weighted by Gasteiger charge is -2.11. The van der Waals surface area contributed by atoms with Gasteiger partial charge in [-0.05, 0) is 49.4 Å². The summed E-state index contributed by atoms with van der Waals surface area (Å²) in [7, 11) is 1.57. The van der Waals surface area contributed by atoms with Crippen LogP contribution in [-0.4, -0.2) is 25.6 Å². The lowest BCUT2D eigenvalue weighted by molar-refractivity contribution is -0.119. The molecule has 3 aromatic carbocycles. The normalized spacial score (nSPS) is 10.7. The fourth-order valence-corrected chi connectivity index (χ4v) is 4.10. The van der Waals surface area contributed by atoms with E-state index in [4.69, 9.17) is 13.9 Å². The Morgan fingerprint density at radius 2 is 1.75 bits per heavy atom. The van der Waals surface area contributed by atoms with Crippen LogP contribution in [0.15, 0.2) is 87.0 Å². The SMILES string of the molecule is COc1ccc2oc(C(=O)OCC(=O)Nc3ccccc3Sc3ccccc3)c(C)c2c1. The maximum absolute atomic E-state index is 12.5. The molecule has 0 bridgehead atoms. The first-order valence-corrected chi connectivity index (χ1v) is 10.7. The second-order valence-electron chi connectivity index (χ2n) is 6.95. The Kier molecular flexibility index (Phi) is 6.47. The van der Waals surface area contributed by atoms with E-state index >= 15 is 0 Å². The van der Waals surface area contributed by atoms with E-state index < -0.39 is 18.5 Å². The first-order chi connectivity index (χ1) is 15.5. The summed E-state index contributed by atoms with van der Waals surface area (Å²) in [6, 6.07) is 22.6. The van der Waals surface area contributed by atoms with Crippen LogP contribution in [0.2, 0.25) is 0 Å². The third kappa shape index (κ3) is 4.78. The second kappa shape index (κ2) is 9.62. The second-order valence-corrected chi connectivity index (χ2v) is 8.07. The maximum atomic E-state index is 12.5. The van der Waals surface area contributed by atoms with Crippen molar-refractivity contribution in [3.05, 3.63) is 84.1 Å². The summed E-state index contributed by atoms with van der Waals surface area (Å²) in [4.78, 5) is 26.9. The van der Waals surface area contributed by atoms with Crippen molar-refractivity contribution >= 4 is 40.3 Å². The predicted molar refractivity (Wildman–Crippen MR) is 123 cm³/mol. The fraction of sp³-hybridized carbons (Fsp3) is 0.120. The number of hydrogen-bond acceptors (Lipinski definition) is 6. The van der Waals surface area contributed by atoms with Crippen LogP contribution in [0.3, 0.4) is 0 Å². The average Bonchev–Trinajstić information content (AvgIpc) is 3.15. The number of methoxy groups -OCH3 is 1. The van der Waals surface area contributed by atoms with Gasteiger partial charge in [0.2, 0.25) is 5.76 Å². The first-order valence-electron chi connectivity index (χ1n) is 9.91. The van der Waals surface area contributed by atoms with Crippen LogP contribution in [0.25, 0.3) is 11.0 Å². The van der Waals surface area contributed by atoms with Crippen molar-refractivity contribution in [1.29, 1.82) is 0 Å². The molecule has 1 amide bonds. The van der Waals surface area contributed by atoms with Crippen molar-refractivity contribution in [2.75, 3.05) is 19.0 Å². The van der Waals surface area contributed by atoms with Crippen molar-refractivity contribution in [2.45, 2.75) is 16.7 Å². The van der Waals surface area contributed by atoms with Gasteiger partial charge in [0, 0.05) is 20.7 Å². The molecule has 32 heavy (non-hydrogen) atoms. The molecule has 0 saturated heterocycles. The van der Waals surface area contributed by atoms with Gasteiger partial charge in [0.1, 0.15) is 11.3 Å². The standard InChI is InChI=1S/C25H21NO5S/c1-16-19-14-17(29-2)12-13-21(19)31-24(16)25(28)30-15-23(27)26-20-10-6-7-11-22(20)32-18-8-4-3-5-9-18/h3-14H,15H2,1-2H3,(H,26,27). The molecule has 6 nitrogen and oxygen atoms in total. The van der Waals surface area contributed by atoms with E-state index in [1.54, 1.807) is 32.2 Å². The highest BCUT2D eigenvalue weighted by Crippen LogP contribution is 2.33. The van der Waals surface area contributed by atoms with E-state index in [2.05, 4.69) is 5.32 Å². The lowest BCUT2D eigenvalue weighted by Crippen LogP contribution is -2.21. The number of ether oxygens (including phenoxy) is 2. The number of rotatable bonds is 7. The molecule has 0 aliphatic carbocycles. The van der Waals surface area contributed by atoms with Crippen molar-refractivity contribution in [3.63, 3.8) is 0 Å². The number of anilines is 1. The topological polar surface area (TPSA) is 77.8 Å². The molecular formula is C25H21NO5S. The molecule has 0 atom stereocenters. The number of nitrogens with one attached hydrogen (secondary N) is 1. The van der Waals surface area contributed by atoms with E-state index in [0.717, 1.165) is 15.2 Å². The minimum absolute atomic E-state index is 0.0705. The third-order valence-corrected chi connectivity index (χ3v) is 5.88. The summed E-state index contributed by atoms with van der Waals surface area (Å²) in [5, 5.41) is 3.57. The molecule has 0 spiro atoms. The summed E-state index contributed by atoms with van der Waals surface area (Å²) in [5.74, 6) is -0.400. The Morgan fingerprint density at radius 1 is 1.00 bits per heavy atom. The molecule has 1 N–H and O–H groups in total. The number of hydrogen-bond donors (Lipinski definition) is 1. The zero-order valence-corrected chi connectivity index (χ0v) is 18.4. The fourth-order valence-electron chi connectivity index (χ4n) is 3.18. The number of amides is 1. The molecule has 7 heteroatoms. The van der Waals surface area contributed by atoms with Crippen molar-refractivity contribution in [3.8, 4) is 5.75 Å². The van der Waals surface area contributed by atoms with Gasteiger partial charge < -0.3 is 19.2 Å². The van der Waals surface area contributed by atoms with Gasteiger partial charge in [-0.1, -0.05) is 42.1 Å². The maximum Gasteiger partial charge on any atom is 0.375 e. The van der Waals surface area contributed by atoms with Crippen molar-refractivity contribution in [1.82, 2.24) is 0 Å². The third-order valence-electron chi connectivity index (χ3n) is 4.80. The largest absolute Gasteiger partial charge is 0.497 e. The van der Waals surface area contributed by atoms with Crippen LogP contribution in [-0.2, 0) is 9.53 Å². The van der Waals surface area contributed by atoms with Crippen LogP contribution in [0.4, 0.5) is 5.69 Å². The van der Waals surface area contributed by atoms with Crippen LogP contribution >= 0.6 is 11.8 Å². The summed E-state index contributed by atoms with van der Waals surface area (Å²) in [5.41, 5.74) is 1.83. The Morgan fingerprint density at radius 3 is 2.53 bits per heavy atom. The van der Waals surface area contributed by atoms with Gasteiger partial charge >= 0.3 is 5.97 Å². The number of furan rings is 1. The highest BCUT2D eigenvalue weighted by molar-refractivity contribution is 7.99. The zero-order valence-electron chi connectivity index (χ0n) is 17.6. The average molecular weight is 448 g/mol. The molecule has 4 aromatic rings. The molecule has 4 rings (SSSR count). The highest BCUT2D eigenvalue weighted by Gasteiger charge is 2.20. The molecular weight excluding hydrogens is 426 g/mol. The molecule has 0 radical (unpaired) electrons. The number of para-hydroxylation sites is 1. The molecule has 1 heterocycles. The number of fused-ring (bicyclic) bond motifs is 1. The molecule has 1 aromatic heterocycles. The Balaban J connectivity index is 1.41. The highest BCUT2D eigenvalue weighted by atomic mass is 32.2. The van der Waals surface area contributed by atoms with Gasteiger partial charge in [0.15, 0.2) is 6.61 Å². The van der Waals surface area contributed by atoms with E-state index in [1.165, 1.54) is 11.8 Å². The molecule has 162 valence electrons. The van der Waals surface area contributed by atoms with Crippen LogP contribution in [0, 0.1) is 6.92 Å². The van der Waals surface area contributed by atoms with Crippen LogP contribution < -0.4 is 10.1 Å². The number of carbonyl (C=O) groups excluding carboxylic acids is 2. The Bertz CT molecular complexity index is 1270. The number of benzene rings is 3. The van der Waals surface area contributed by atoms with Crippen LogP contribution in [0.1, 0.15) is 16.1 Å². The summed E-state index contributed by atoms with van der Waals surface area (Å²) < 4.78 is 16.1. The van der Waals surface area contributed by atoms with E-state index in [0.29, 0.717) is 22.6 Å². The summed E-state index contributed by atoms with van der Waals surface area (Å²) >= 11 is 1.54. The number of esters is 1. The van der Waals surface area contributed by atoms with Gasteiger partial charge in [0.25, 0.3) is 5.91 Å². The van der Waals surface area contributed by atoms with Gasteiger partial charge in [-0.2, -0.15) is 0 Å². The molecule has 0 aliphatic heterocycles. The minimum atomic E-state index is -0.695. The minimum Gasteiger partial charge on any atom is -0.497 e. The first kappa shape index (κ1) is 21.5. The smallest absolute Gasteiger partial charge is 0.375 e. The number of carbonyl (C=O) groups is 2. The lowest BCUT2D eigenvalue weighted by atomic mass is 10.1. The molecule has 0 saturated carbocycles. The van der Waals surface area contributed by atoms with Gasteiger partial charge in [-0.3, -0.25) is 4.79 Å². The van der Waals surface area contributed by atoms with E-state index in [1.807, 2.05) is 54.6 Å². The van der Waals surface area contributed by atoms with E-state index in [9.17, 15) is 9.59 Å². The molecule has 0 unspecified atom stereocenters. The molecule has 0 fully saturated rings. The van der Waals surface area contributed by atoms with Gasteiger partial charge in [-0.15, -0.1) is 0 Å². The monoisotopic (exact) mass is 447 g/mol. The van der Waals surface area contributed by atoms with Crippen molar-refractivity contribution < 1.29 is 23.5 Å². The predicted octanol–water partition coefficient (Wildman–Crippen LogP) is 5.70. The van der Waals surface area contributed by atoms with Gasteiger partial charge in [-0.25, -0.2) is 4.79 Å². The van der Waals surface area contributed by atoms with Crippen LogP contribution in [0.5, 0.6) is 5.75 Å². The number of aryl methyl sites for hydroxylation is 1. The van der Waals surface area contributed by atoms with Crippen molar-refractivity contribution in [2.24, 2.45) is 0 Å². The zero-order chi connectivity index (χ0) is 22.5. The molecule has 0 aliphatic rings. The Labute approximate surface area is 189 Å². The summed E-state index contributed by atoms with van der Waals surface area (Å²) in [6.45, 7) is 1.34.